The summed E-state index contributed by atoms with van der Waals surface area (Å²) < 4.78 is 5.52. The molecule has 31 heavy (non-hydrogen) atoms. The maximum absolute atomic E-state index is 13.4. The van der Waals surface area contributed by atoms with Crippen LogP contribution in [0.4, 0.5) is 0 Å². The number of carbonyl (C=O) groups excluding carboxylic acids is 2. The van der Waals surface area contributed by atoms with Crippen LogP contribution in [0, 0.1) is 0 Å². The van der Waals surface area contributed by atoms with E-state index in [-0.39, 0.29) is 11.8 Å². The number of rotatable bonds is 8. The average Bonchev–Trinajstić information content (AvgIpc) is 3.03. The van der Waals surface area contributed by atoms with Crippen molar-refractivity contribution >= 4 is 29.1 Å². The van der Waals surface area contributed by atoms with Gasteiger partial charge in [0.2, 0.25) is 0 Å². The zero-order chi connectivity index (χ0) is 21.6. The van der Waals surface area contributed by atoms with Crippen molar-refractivity contribution in [3.8, 4) is 5.75 Å². The van der Waals surface area contributed by atoms with E-state index in [4.69, 9.17) is 4.74 Å². The van der Waals surface area contributed by atoms with Crippen molar-refractivity contribution in [2.45, 2.75) is 18.2 Å². The first-order valence-corrected chi connectivity index (χ1v) is 11.1. The highest BCUT2D eigenvalue weighted by atomic mass is 32.2. The van der Waals surface area contributed by atoms with Gasteiger partial charge in [-0.15, -0.1) is 0 Å². The Kier molecular flexibility index (Phi) is 6.53. The highest BCUT2D eigenvalue weighted by Gasteiger charge is 2.39. The Balaban J connectivity index is 1.65. The number of amides is 2. The van der Waals surface area contributed by atoms with Crippen molar-refractivity contribution in [3.05, 3.63) is 101 Å². The van der Waals surface area contributed by atoms with Crippen LogP contribution in [0.5, 0.6) is 5.75 Å². The van der Waals surface area contributed by atoms with Crippen molar-refractivity contribution < 1.29 is 14.3 Å². The van der Waals surface area contributed by atoms with Gasteiger partial charge in [-0.05, 0) is 48.7 Å². The van der Waals surface area contributed by atoms with Crippen LogP contribution in [0.3, 0.4) is 0 Å². The summed E-state index contributed by atoms with van der Waals surface area (Å²) in [7, 11) is 0. The fourth-order valence-corrected chi connectivity index (χ4v) is 4.52. The van der Waals surface area contributed by atoms with Crippen LogP contribution in [0.15, 0.2) is 94.7 Å². The van der Waals surface area contributed by atoms with Gasteiger partial charge in [0.05, 0.1) is 17.1 Å². The van der Waals surface area contributed by atoms with Gasteiger partial charge >= 0.3 is 0 Å². The van der Waals surface area contributed by atoms with Crippen LogP contribution in [-0.4, -0.2) is 29.9 Å². The standard InChI is InChI=1S/C26H23NO3S/c1-2-30-21-15-13-20(14-16-21)23-24(31-22-11-7-4-8-12-22)26(29)27(25(23)28)18-17-19-9-5-3-6-10-19/h3-16H,2,17-18H2,1H3. The van der Waals surface area contributed by atoms with Crippen LogP contribution < -0.4 is 4.74 Å². The van der Waals surface area contributed by atoms with Gasteiger partial charge in [-0.25, -0.2) is 0 Å². The van der Waals surface area contributed by atoms with E-state index in [2.05, 4.69) is 0 Å². The van der Waals surface area contributed by atoms with E-state index in [0.717, 1.165) is 21.8 Å². The van der Waals surface area contributed by atoms with Gasteiger partial charge in [0, 0.05) is 11.4 Å². The molecule has 0 unspecified atom stereocenters. The van der Waals surface area contributed by atoms with E-state index in [9.17, 15) is 9.59 Å². The molecule has 0 N–H and O–H groups in total. The van der Waals surface area contributed by atoms with E-state index in [1.54, 1.807) is 0 Å². The summed E-state index contributed by atoms with van der Waals surface area (Å²) in [5, 5.41) is 0. The quantitative estimate of drug-likeness (QED) is 0.462. The molecule has 156 valence electrons. The molecular weight excluding hydrogens is 406 g/mol. The average molecular weight is 430 g/mol. The summed E-state index contributed by atoms with van der Waals surface area (Å²) in [4.78, 5) is 29.4. The third-order valence-corrected chi connectivity index (χ3v) is 6.10. The largest absolute Gasteiger partial charge is 0.494 e. The number of benzene rings is 3. The van der Waals surface area contributed by atoms with Gasteiger partial charge in [0.15, 0.2) is 0 Å². The summed E-state index contributed by atoms with van der Waals surface area (Å²) in [5.74, 6) is 0.254. The second-order valence-electron chi connectivity index (χ2n) is 7.07. The summed E-state index contributed by atoms with van der Waals surface area (Å²) in [6.07, 6.45) is 0.623. The zero-order valence-corrected chi connectivity index (χ0v) is 18.1. The first-order valence-electron chi connectivity index (χ1n) is 10.3. The highest BCUT2D eigenvalue weighted by Crippen LogP contribution is 2.40. The number of hydrogen-bond acceptors (Lipinski definition) is 4. The van der Waals surface area contributed by atoms with Gasteiger partial charge < -0.3 is 4.74 Å². The van der Waals surface area contributed by atoms with Crippen molar-refractivity contribution in [2.75, 3.05) is 13.2 Å². The maximum atomic E-state index is 13.4. The number of carbonyl (C=O) groups is 2. The summed E-state index contributed by atoms with van der Waals surface area (Å²) in [6, 6.07) is 26.9. The predicted molar refractivity (Wildman–Crippen MR) is 124 cm³/mol. The smallest absolute Gasteiger partial charge is 0.268 e. The normalized spacial score (nSPS) is 13.8. The Bertz CT molecular complexity index is 1090. The lowest BCUT2D eigenvalue weighted by Crippen LogP contribution is -2.33. The first kappa shape index (κ1) is 20.9. The minimum atomic E-state index is -0.247. The third kappa shape index (κ3) is 4.72. The lowest BCUT2D eigenvalue weighted by molar-refractivity contribution is -0.136. The van der Waals surface area contributed by atoms with Crippen LogP contribution >= 0.6 is 11.8 Å². The van der Waals surface area contributed by atoms with Gasteiger partial charge in [-0.2, -0.15) is 0 Å². The Morgan fingerprint density at radius 2 is 1.45 bits per heavy atom. The molecule has 0 fully saturated rings. The molecule has 0 saturated carbocycles. The molecule has 0 aromatic heterocycles. The topological polar surface area (TPSA) is 46.6 Å². The molecule has 1 heterocycles. The monoisotopic (exact) mass is 429 g/mol. The van der Waals surface area contributed by atoms with E-state index in [1.807, 2.05) is 91.9 Å². The fourth-order valence-electron chi connectivity index (χ4n) is 3.48. The van der Waals surface area contributed by atoms with E-state index in [0.29, 0.717) is 30.1 Å². The Morgan fingerprint density at radius 3 is 2.10 bits per heavy atom. The zero-order valence-electron chi connectivity index (χ0n) is 17.3. The molecule has 4 nitrogen and oxygen atoms in total. The first-order chi connectivity index (χ1) is 15.2. The van der Waals surface area contributed by atoms with Crippen molar-refractivity contribution in [3.63, 3.8) is 0 Å². The van der Waals surface area contributed by atoms with Gasteiger partial charge in [-0.1, -0.05) is 72.4 Å². The molecule has 0 spiro atoms. The maximum Gasteiger partial charge on any atom is 0.268 e. The van der Waals surface area contributed by atoms with E-state index in [1.165, 1.54) is 16.7 Å². The summed E-state index contributed by atoms with van der Waals surface area (Å²) in [6.45, 7) is 2.84. The lowest BCUT2D eigenvalue weighted by Gasteiger charge is -2.15. The van der Waals surface area contributed by atoms with E-state index < -0.39 is 0 Å². The van der Waals surface area contributed by atoms with Crippen molar-refractivity contribution in [1.82, 2.24) is 4.90 Å². The number of ether oxygens (including phenoxy) is 1. The minimum Gasteiger partial charge on any atom is -0.494 e. The van der Waals surface area contributed by atoms with Crippen molar-refractivity contribution in [2.24, 2.45) is 0 Å². The van der Waals surface area contributed by atoms with Gasteiger partial charge in [0.1, 0.15) is 5.75 Å². The molecule has 0 saturated heterocycles. The second kappa shape index (κ2) is 9.67. The fraction of sp³-hybridized carbons (Fsp3) is 0.154. The molecule has 0 aliphatic carbocycles. The number of thioether (sulfide) groups is 1. The molecule has 1 aliphatic rings. The van der Waals surface area contributed by atoms with Crippen LogP contribution in [0.1, 0.15) is 18.1 Å². The number of hydrogen-bond donors (Lipinski definition) is 0. The number of imide groups is 1. The summed E-state index contributed by atoms with van der Waals surface area (Å²) >= 11 is 1.34. The minimum absolute atomic E-state index is 0.237. The Hall–Kier alpha value is -3.31. The second-order valence-corrected chi connectivity index (χ2v) is 8.16. The van der Waals surface area contributed by atoms with Crippen LogP contribution in [0.25, 0.3) is 5.57 Å². The molecule has 0 radical (unpaired) electrons. The predicted octanol–water partition coefficient (Wildman–Crippen LogP) is 5.20. The molecule has 4 rings (SSSR count). The van der Waals surface area contributed by atoms with Crippen LogP contribution in [-0.2, 0) is 16.0 Å². The van der Waals surface area contributed by atoms with Crippen molar-refractivity contribution in [1.29, 1.82) is 0 Å². The molecule has 3 aromatic rings. The molecule has 2 amide bonds. The lowest BCUT2D eigenvalue weighted by atomic mass is 10.1. The molecule has 3 aromatic carbocycles. The Labute approximate surface area is 186 Å². The molecule has 5 heteroatoms. The summed E-state index contributed by atoms with van der Waals surface area (Å²) in [5.41, 5.74) is 2.27. The van der Waals surface area contributed by atoms with E-state index >= 15 is 0 Å². The SMILES string of the molecule is CCOc1ccc(C2=C(Sc3ccccc3)C(=O)N(CCc3ccccc3)C2=O)cc1. The Morgan fingerprint density at radius 1 is 0.806 bits per heavy atom. The molecule has 0 atom stereocenters. The number of nitrogens with zero attached hydrogens (tertiary/aromatic N) is 1. The molecular formula is C26H23NO3S. The van der Waals surface area contributed by atoms with Gasteiger partial charge in [0.25, 0.3) is 11.8 Å². The van der Waals surface area contributed by atoms with Gasteiger partial charge in [-0.3, -0.25) is 14.5 Å². The van der Waals surface area contributed by atoms with Crippen LogP contribution in [0.2, 0.25) is 0 Å². The highest BCUT2D eigenvalue weighted by molar-refractivity contribution is 8.04. The molecule has 1 aliphatic heterocycles. The molecule has 0 bridgehead atoms. The third-order valence-electron chi connectivity index (χ3n) is 5.01.